The second kappa shape index (κ2) is 9.27. The van der Waals surface area contributed by atoms with Gasteiger partial charge in [-0.1, -0.05) is 21.8 Å². The van der Waals surface area contributed by atoms with E-state index >= 15 is 0 Å². The maximum Gasteiger partial charge on any atom is 0.339 e. The highest BCUT2D eigenvalue weighted by atomic mass is 35.7. The summed E-state index contributed by atoms with van der Waals surface area (Å²) in [5.41, 5.74) is 2.61. The number of carbonyl (C=O) groups is 1. The van der Waals surface area contributed by atoms with E-state index in [1.807, 2.05) is 19.1 Å². The van der Waals surface area contributed by atoms with Crippen molar-refractivity contribution in [3.8, 4) is 11.8 Å². The zero-order chi connectivity index (χ0) is 19.1. The average molecular weight is 391 g/mol. The number of ether oxygens (including phenoxy) is 2. The molecule has 0 bridgehead atoms. The molecule has 1 unspecified atom stereocenters. The molecule has 0 heterocycles. The molecule has 26 heavy (non-hydrogen) atoms. The van der Waals surface area contributed by atoms with E-state index in [4.69, 9.17) is 20.2 Å². The molecule has 2 rings (SSSR count). The lowest BCUT2D eigenvalue weighted by atomic mass is 10.1. The van der Waals surface area contributed by atoms with Gasteiger partial charge in [0.15, 0.2) is 0 Å². The second-order valence-corrected chi connectivity index (χ2v) is 7.60. The zero-order valence-corrected chi connectivity index (χ0v) is 16.3. The SMILES string of the molecule is CNc1cccc(C(=O)OC)c1/S(Cl)=C/COc1ccc(C)cc1C#N. The van der Waals surface area contributed by atoms with Gasteiger partial charge in [-0.2, -0.15) is 5.26 Å². The van der Waals surface area contributed by atoms with Gasteiger partial charge in [0.1, 0.15) is 18.4 Å². The highest BCUT2D eigenvalue weighted by Crippen LogP contribution is 2.39. The summed E-state index contributed by atoms with van der Waals surface area (Å²) in [6, 6.07) is 12.8. The van der Waals surface area contributed by atoms with Crippen LogP contribution in [0.3, 0.4) is 0 Å². The molecular formula is C19H19ClN2O3S. The van der Waals surface area contributed by atoms with E-state index in [-0.39, 0.29) is 6.61 Å². The fourth-order valence-electron chi connectivity index (χ4n) is 2.34. The molecule has 0 aliphatic heterocycles. The molecule has 0 aliphatic rings. The van der Waals surface area contributed by atoms with Crippen LogP contribution in [0.15, 0.2) is 41.3 Å². The van der Waals surface area contributed by atoms with Crippen LogP contribution < -0.4 is 10.1 Å². The quantitative estimate of drug-likeness (QED) is 0.586. The van der Waals surface area contributed by atoms with Crippen LogP contribution in [-0.4, -0.2) is 32.1 Å². The summed E-state index contributed by atoms with van der Waals surface area (Å²) in [7, 11) is 8.74. The number of hydrogen-bond acceptors (Lipinski definition) is 5. The predicted molar refractivity (Wildman–Crippen MR) is 106 cm³/mol. The third kappa shape index (κ3) is 4.57. The number of rotatable bonds is 6. The standard InChI is InChI=1S/C19H19ClN2O3S/c1-13-7-8-17(14(11-13)12-21)25-9-10-26(20)18-15(19(23)24-3)5-4-6-16(18)22-2/h4-8,10-11,22H,9H2,1-3H3. The van der Waals surface area contributed by atoms with Crippen molar-refractivity contribution in [2.24, 2.45) is 0 Å². The molecule has 0 aromatic heterocycles. The van der Waals surface area contributed by atoms with Gasteiger partial charge < -0.3 is 14.8 Å². The fourth-order valence-corrected chi connectivity index (χ4v) is 4.09. The molecule has 0 saturated heterocycles. The van der Waals surface area contributed by atoms with Gasteiger partial charge in [0.05, 0.1) is 23.1 Å². The van der Waals surface area contributed by atoms with E-state index in [1.54, 1.807) is 36.7 Å². The Hall–Kier alpha value is -2.49. The monoisotopic (exact) mass is 390 g/mol. The van der Waals surface area contributed by atoms with Crippen LogP contribution in [0.4, 0.5) is 5.69 Å². The first-order chi connectivity index (χ1) is 12.5. The number of benzene rings is 2. The molecule has 5 nitrogen and oxygen atoms in total. The van der Waals surface area contributed by atoms with Crippen LogP contribution in [0.1, 0.15) is 21.5 Å². The summed E-state index contributed by atoms with van der Waals surface area (Å²) in [6.07, 6.45) is 0. The van der Waals surface area contributed by atoms with Gasteiger partial charge in [0.25, 0.3) is 0 Å². The molecule has 2 aromatic carbocycles. The summed E-state index contributed by atoms with van der Waals surface area (Å²) in [5.74, 6) is 0.0491. The Balaban J connectivity index is 2.28. The maximum atomic E-state index is 12.0. The van der Waals surface area contributed by atoms with Gasteiger partial charge in [-0.3, -0.25) is 0 Å². The minimum atomic E-state index is -0.889. The first kappa shape index (κ1) is 19.8. The molecule has 136 valence electrons. The lowest BCUT2D eigenvalue weighted by molar-refractivity contribution is 0.0597. The summed E-state index contributed by atoms with van der Waals surface area (Å²) in [6.45, 7) is 2.11. The summed E-state index contributed by atoms with van der Waals surface area (Å²) < 4.78 is 10.5. The maximum absolute atomic E-state index is 12.0. The van der Waals surface area contributed by atoms with E-state index < -0.39 is 15.7 Å². The normalized spacial score (nSPS) is 11.5. The van der Waals surface area contributed by atoms with Gasteiger partial charge >= 0.3 is 5.97 Å². The topological polar surface area (TPSA) is 71.3 Å². The molecular weight excluding hydrogens is 372 g/mol. The van der Waals surface area contributed by atoms with Gasteiger partial charge in [-0.25, -0.2) is 4.79 Å². The average Bonchev–Trinajstić information content (AvgIpc) is 2.67. The minimum Gasteiger partial charge on any atom is -0.488 e. The van der Waals surface area contributed by atoms with E-state index in [0.29, 0.717) is 21.8 Å². The Morgan fingerprint density at radius 2 is 2.15 bits per heavy atom. The lowest BCUT2D eigenvalue weighted by Crippen LogP contribution is -2.06. The molecule has 0 saturated carbocycles. The molecule has 0 radical (unpaired) electrons. The first-order valence-corrected chi connectivity index (χ1v) is 9.88. The molecule has 2 aromatic rings. The molecule has 7 heteroatoms. The van der Waals surface area contributed by atoms with Crippen molar-refractivity contribution in [3.05, 3.63) is 53.1 Å². The van der Waals surface area contributed by atoms with Crippen molar-refractivity contribution in [2.75, 3.05) is 26.1 Å². The van der Waals surface area contributed by atoms with E-state index in [1.165, 1.54) is 7.11 Å². The molecule has 0 amide bonds. The smallest absolute Gasteiger partial charge is 0.339 e. The van der Waals surface area contributed by atoms with E-state index in [0.717, 1.165) is 11.3 Å². The zero-order valence-electron chi connectivity index (χ0n) is 14.7. The number of hydrogen-bond donors (Lipinski definition) is 1. The van der Waals surface area contributed by atoms with E-state index in [9.17, 15) is 10.1 Å². The van der Waals surface area contributed by atoms with Gasteiger partial charge in [-0.05, 0) is 52.8 Å². The number of halogens is 1. The molecule has 0 fully saturated rings. The summed E-state index contributed by atoms with van der Waals surface area (Å²) >= 11 is 0. The Morgan fingerprint density at radius 3 is 2.81 bits per heavy atom. The summed E-state index contributed by atoms with van der Waals surface area (Å²) in [4.78, 5) is 12.7. The Morgan fingerprint density at radius 1 is 1.38 bits per heavy atom. The minimum absolute atomic E-state index is 0.197. The molecule has 0 spiro atoms. The van der Waals surface area contributed by atoms with Crippen LogP contribution >= 0.6 is 20.4 Å². The third-order valence-corrected chi connectivity index (χ3v) is 5.69. The Kier molecular flexibility index (Phi) is 7.07. The predicted octanol–water partition coefficient (Wildman–Crippen LogP) is 4.36. The first-order valence-electron chi connectivity index (χ1n) is 7.77. The number of carbonyl (C=O) groups excluding carboxylic acids is 1. The van der Waals surface area contributed by atoms with E-state index in [2.05, 4.69) is 11.4 Å². The number of methoxy groups -OCH3 is 1. The fraction of sp³-hybridized carbons (Fsp3) is 0.211. The number of esters is 1. The Bertz CT molecular complexity index is 891. The second-order valence-electron chi connectivity index (χ2n) is 5.30. The number of nitrogens with one attached hydrogen (secondary N) is 1. The molecule has 1 N–H and O–H groups in total. The van der Waals surface area contributed by atoms with Crippen molar-refractivity contribution >= 4 is 37.4 Å². The van der Waals surface area contributed by atoms with Crippen molar-refractivity contribution < 1.29 is 14.3 Å². The van der Waals surface area contributed by atoms with Crippen molar-refractivity contribution in [1.82, 2.24) is 0 Å². The number of nitrogens with zero attached hydrogens (tertiary/aromatic N) is 1. The highest BCUT2D eigenvalue weighted by molar-refractivity contribution is 8.34. The Labute approximate surface area is 159 Å². The van der Waals surface area contributed by atoms with Gasteiger partial charge in [-0.15, -0.1) is 0 Å². The number of nitriles is 1. The van der Waals surface area contributed by atoms with Crippen LogP contribution in [0.2, 0.25) is 0 Å². The largest absolute Gasteiger partial charge is 0.488 e. The van der Waals surface area contributed by atoms with Crippen molar-refractivity contribution in [1.29, 1.82) is 5.26 Å². The van der Waals surface area contributed by atoms with Crippen molar-refractivity contribution in [3.63, 3.8) is 0 Å². The summed E-state index contributed by atoms with van der Waals surface area (Å²) in [5, 5.41) is 14.0. The number of aryl methyl sites for hydroxylation is 1. The van der Waals surface area contributed by atoms with Crippen LogP contribution in [0.25, 0.3) is 0 Å². The third-order valence-electron chi connectivity index (χ3n) is 3.59. The molecule has 1 atom stereocenters. The van der Waals surface area contributed by atoms with Crippen LogP contribution in [-0.2, 0) is 4.74 Å². The van der Waals surface area contributed by atoms with Gasteiger partial charge in [0, 0.05) is 12.7 Å². The lowest BCUT2D eigenvalue weighted by Gasteiger charge is -2.13. The van der Waals surface area contributed by atoms with Crippen molar-refractivity contribution in [2.45, 2.75) is 11.8 Å². The number of anilines is 1. The van der Waals surface area contributed by atoms with Gasteiger partial charge in [0.2, 0.25) is 0 Å². The van der Waals surface area contributed by atoms with Crippen LogP contribution in [0.5, 0.6) is 5.75 Å². The highest BCUT2D eigenvalue weighted by Gasteiger charge is 2.17. The molecule has 0 aliphatic carbocycles. The van der Waals surface area contributed by atoms with Crippen LogP contribution in [0, 0.1) is 18.3 Å².